The van der Waals surface area contributed by atoms with Crippen LogP contribution in [-0.2, 0) is 21.2 Å². The molecule has 43 heavy (non-hydrogen) atoms. The minimum Gasteiger partial charge on any atom is -0.495 e. The maximum atomic E-state index is 11.7. The lowest BCUT2D eigenvalue weighted by Gasteiger charge is -2.49. The molecule has 4 N–H and O–H groups in total. The molecule has 3 fully saturated rings. The maximum absolute atomic E-state index is 11.7. The number of anilines is 2. The summed E-state index contributed by atoms with van der Waals surface area (Å²) in [6.45, 7) is 7.00. The van der Waals surface area contributed by atoms with Gasteiger partial charge in [-0.2, -0.15) is 0 Å². The van der Waals surface area contributed by atoms with E-state index in [9.17, 15) is 8.42 Å². The van der Waals surface area contributed by atoms with Crippen molar-refractivity contribution in [2.45, 2.75) is 68.8 Å². The standard InChI is InChI=1S/C33H42N4O4S2/c1-3-26-27-6-4-7-29(36-23-9-11-24(12-10-23)37-18-15-33(16-19-37)21-41-22-33)32(27)42-31(26)8-5-17-35-28-14-13-25(43(34,38)39)20-30(28)40-2/h4,6-7,13-14,20,23-24,35-36H,3,9-12,15-19,21-22H2,1-2H3,(H2,34,38,39). The number of fused-ring (bicyclic) bond motifs is 1. The van der Waals surface area contributed by atoms with Crippen LogP contribution in [-0.4, -0.2) is 65.4 Å². The number of nitrogens with zero attached hydrogens (tertiary/aromatic N) is 1. The van der Waals surface area contributed by atoms with Crippen molar-refractivity contribution in [2.75, 3.05) is 50.6 Å². The number of sulfonamides is 1. The van der Waals surface area contributed by atoms with Gasteiger partial charge in [0.1, 0.15) is 5.75 Å². The second kappa shape index (κ2) is 12.7. The first-order valence-corrected chi connectivity index (χ1v) is 17.7. The maximum Gasteiger partial charge on any atom is 0.238 e. The molecule has 2 aromatic carbocycles. The van der Waals surface area contributed by atoms with Gasteiger partial charge in [0.25, 0.3) is 0 Å². The number of methoxy groups -OCH3 is 1. The van der Waals surface area contributed by atoms with Crippen molar-refractivity contribution in [3.8, 4) is 17.6 Å². The topological polar surface area (TPSA) is 106 Å². The van der Waals surface area contributed by atoms with Crippen molar-refractivity contribution in [2.24, 2.45) is 10.6 Å². The summed E-state index contributed by atoms with van der Waals surface area (Å²) in [6.07, 6.45) is 8.46. The molecule has 3 aliphatic rings. The van der Waals surface area contributed by atoms with E-state index in [0.29, 0.717) is 29.4 Å². The van der Waals surface area contributed by atoms with E-state index in [1.165, 1.54) is 92.2 Å². The summed E-state index contributed by atoms with van der Waals surface area (Å²) in [4.78, 5) is 3.85. The summed E-state index contributed by atoms with van der Waals surface area (Å²) in [5, 5.41) is 13.7. The summed E-state index contributed by atoms with van der Waals surface area (Å²) in [5.74, 6) is 7.05. The molecule has 0 bridgehead atoms. The van der Waals surface area contributed by atoms with Crippen LogP contribution in [0.2, 0.25) is 0 Å². The van der Waals surface area contributed by atoms with Crippen LogP contribution in [0, 0.1) is 17.3 Å². The largest absolute Gasteiger partial charge is 0.495 e. The van der Waals surface area contributed by atoms with E-state index < -0.39 is 10.0 Å². The Bertz CT molecular complexity index is 1620. The average molecular weight is 623 g/mol. The molecule has 0 unspecified atom stereocenters. The third-order valence-corrected chi connectivity index (χ3v) is 11.6. The molecule has 1 spiro atoms. The number of nitrogens with two attached hydrogens (primary N) is 1. The fraction of sp³-hybridized carbons (Fsp3) is 0.515. The molecule has 1 saturated carbocycles. The number of primary sulfonamides is 1. The predicted molar refractivity (Wildman–Crippen MR) is 175 cm³/mol. The summed E-state index contributed by atoms with van der Waals surface area (Å²) < 4.78 is 35.5. The van der Waals surface area contributed by atoms with Gasteiger partial charge in [0, 0.05) is 23.6 Å². The van der Waals surface area contributed by atoms with Crippen molar-refractivity contribution in [3.05, 3.63) is 46.8 Å². The van der Waals surface area contributed by atoms with Gasteiger partial charge in [0.2, 0.25) is 10.0 Å². The van der Waals surface area contributed by atoms with Gasteiger partial charge in [-0.25, -0.2) is 13.6 Å². The lowest BCUT2D eigenvalue weighted by molar-refractivity contribution is -0.143. The quantitative estimate of drug-likeness (QED) is 0.288. The number of benzene rings is 2. The second-order valence-electron chi connectivity index (χ2n) is 12.2. The molecule has 2 aliphatic heterocycles. The summed E-state index contributed by atoms with van der Waals surface area (Å²) in [7, 11) is -2.31. The minimum atomic E-state index is -3.80. The van der Waals surface area contributed by atoms with Crippen LogP contribution in [0.25, 0.3) is 10.1 Å². The Kier molecular flexibility index (Phi) is 8.90. The second-order valence-corrected chi connectivity index (χ2v) is 14.8. The summed E-state index contributed by atoms with van der Waals surface area (Å²) in [5.41, 5.74) is 3.67. The fourth-order valence-corrected chi connectivity index (χ4v) is 8.61. The Hall–Kier alpha value is -2.81. The number of piperidine rings is 1. The van der Waals surface area contributed by atoms with Crippen molar-refractivity contribution >= 4 is 42.8 Å². The number of nitrogens with one attached hydrogen (secondary N) is 2. The molecule has 6 rings (SSSR count). The Labute approximate surface area is 259 Å². The number of aryl methyl sites for hydroxylation is 1. The molecule has 0 radical (unpaired) electrons. The molecular weight excluding hydrogens is 581 g/mol. The Morgan fingerprint density at radius 3 is 2.53 bits per heavy atom. The first-order chi connectivity index (χ1) is 20.8. The number of rotatable bonds is 8. The number of ether oxygens (including phenoxy) is 2. The van der Waals surface area contributed by atoms with Gasteiger partial charge in [-0.15, -0.1) is 11.3 Å². The molecule has 1 aliphatic carbocycles. The van der Waals surface area contributed by atoms with Crippen molar-refractivity contribution in [1.82, 2.24) is 4.90 Å². The molecule has 10 heteroatoms. The van der Waals surface area contributed by atoms with E-state index in [2.05, 4.69) is 52.5 Å². The number of hydrogen-bond donors (Lipinski definition) is 3. The lowest BCUT2D eigenvalue weighted by Crippen LogP contribution is -2.53. The van der Waals surface area contributed by atoms with Gasteiger partial charge in [-0.3, -0.25) is 0 Å². The van der Waals surface area contributed by atoms with Gasteiger partial charge in [-0.1, -0.05) is 30.9 Å². The van der Waals surface area contributed by atoms with Crippen LogP contribution < -0.4 is 20.5 Å². The third-order valence-electron chi connectivity index (χ3n) is 9.49. The zero-order valence-corrected chi connectivity index (χ0v) is 26.7. The lowest BCUT2D eigenvalue weighted by atomic mass is 9.76. The number of hydrogen-bond acceptors (Lipinski definition) is 8. The third kappa shape index (κ3) is 6.52. The Balaban J connectivity index is 1.09. The molecule has 3 heterocycles. The molecule has 8 nitrogen and oxygen atoms in total. The normalized spacial score (nSPS) is 22.0. The Morgan fingerprint density at radius 1 is 1.12 bits per heavy atom. The molecule has 0 atom stereocenters. The summed E-state index contributed by atoms with van der Waals surface area (Å²) >= 11 is 1.77. The molecule has 0 amide bonds. The van der Waals surface area contributed by atoms with Crippen LogP contribution in [0.5, 0.6) is 5.75 Å². The van der Waals surface area contributed by atoms with E-state index in [0.717, 1.165) is 30.6 Å². The fourth-order valence-electron chi connectivity index (χ4n) is 6.84. The van der Waals surface area contributed by atoms with E-state index in [1.54, 1.807) is 17.4 Å². The first kappa shape index (κ1) is 30.2. The van der Waals surface area contributed by atoms with Gasteiger partial charge >= 0.3 is 0 Å². The van der Waals surface area contributed by atoms with Crippen molar-refractivity contribution in [1.29, 1.82) is 0 Å². The molecule has 3 aromatic rings. The number of thiophene rings is 1. The van der Waals surface area contributed by atoms with Crippen LogP contribution >= 0.6 is 11.3 Å². The molecule has 230 valence electrons. The van der Waals surface area contributed by atoms with Crippen LogP contribution in [0.3, 0.4) is 0 Å². The van der Waals surface area contributed by atoms with Gasteiger partial charge in [0.05, 0.1) is 52.7 Å². The average Bonchev–Trinajstić information content (AvgIpc) is 3.37. The zero-order valence-electron chi connectivity index (χ0n) is 25.1. The smallest absolute Gasteiger partial charge is 0.238 e. The highest BCUT2D eigenvalue weighted by Crippen LogP contribution is 2.41. The van der Waals surface area contributed by atoms with Gasteiger partial charge in [-0.05, 0) is 87.2 Å². The monoisotopic (exact) mass is 622 g/mol. The van der Waals surface area contributed by atoms with Gasteiger partial charge in [0.15, 0.2) is 0 Å². The van der Waals surface area contributed by atoms with E-state index in [1.807, 2.05) is 0 Å². The number of likely N-dealkylation sites (tertiary alicyclic amines) is 1. The van der Waals surface area contributed by atoms with Crippen molar-refractivity contribution in [3.63, 3.8) is 0 Å². The van der Waals surface area contributed by atoms with E-state index in [-0.39, 0.29) is 4.90 Å². The summed E-state index contributed by atoms with van der Waals surface area (Å²) in [6, 6.07) is 12.3. The van der Waals surface area contributed by atoms with Crippen molar-refractivity contribution < 1.29 is 17.9 Å². The molecule has 1 aromatic heterocycles. The highest BCUT2D eigenvalue weighted by atomic mass is 32.2. The minimum absolute atomic E-state index is 0.0101. The predicted octanol–water partition coefficient (Wildman–Crippen LogP) is 5.42. The first-order valence-electron chi connectivity index (χ1n) is 15.3. The zero-order chi connectivity index (χ0) is 30.0. The highest BCUT2D eigenvalue weighted by molar-refractivity contribution is 7.89. The van der Waals surface area contributed by atoms with E-state index >= 15 is 0 Å². The highest BCUT2D eigenvalue weighted by Gasteiger charge is 2.42. The Morgan fingerprint density at radius 2 is 1.88 bits per heavy atom. The van der Waals surface area contributed by atoms with Crippen LogP contribution in [0.4, 0.5) is 11.4 Å². The molecular formula is C33H42N4O4S2. The SMILES string of the molecule is CCc1c(C#CCNc2ccc(S(N)(=O)=O)cc2OC)sc2c(NC3CCC(N4CCC5(CC4)COC5)CC3)cccc12. The molecule has 2 saturated heterocycles. The van der Waals surface area contributed by atoms with E-state index in [4.69, 9.17) is 14.6 Å². The van der Waals surface area contributed by atoms with Gasteiger partial charge < -0.3 is 25.0 Å². The van der Waals surface area contributed by atoms with Crippen LogP contribution in [0.1, 0.15) is 55.9 Å². The van der Waals surface area contributed by atoms with Crippen LogP contribution in [0.15, 0.2) is 41.3 Å².